The number of aliphatic hydroxyl groups excluding tert-OH is 1. The van der Waals surface area contributed by atoms with Crippen molar-refractivity contribution in [3.05, 3.63) is 45.2 Å². The molecule has 23 heavy (non-hydrogen) atoms. The number of benzene rings is 1. The first kappa shape index (κ1) is 16.0. The molecule has 3 N–H and O–H groups in total. The molecule has 0 bridgehead atoms. The van der Waals surface area contributed by atoms with Gasteiger partial charge in [0.15, 0.2) is 5.43 Å². The number of aliphatic hydroxyl groups is 1. The molecule has 2 aromatic rings. The lowest BCUT2D eigenvalue weighted by Crippen LogP contribution is -2.55. The first-order chi connectivity index (χ1) is 11.1. The van der Waals surface area contributed by atoms with Crippen molar-refractivity contribution >= 4 is 28.4 Å². The number of hydrogen-bond acceptors (Lipinski definition) is 4. The fraction of sp³-hybridized carbons (Fsp3) is 0.375. The van der Waals surface area contributed by atoms with E-state index >= 15 is 0 Å². The van der Waals surface area contributed by atoms with E-state index in [0.717, 1.165) is 0 Å². The number of nitrogens with zero attached hydrogens (tertiary/aromatic N) is 1. The van der Waals surface area contributed by atoms with E-state index in [4.69, 9.17) is 16.7 Å². The lowest BCUT2D eigenvalue weighted by Gasteiger charge is -2.34. The monoisotopic (exact) mass is 335 g/mol. The van der Waals surface area contributed by atoms with Crippen molar-refractivity contribution in [1.29, 1.82) is 0 Å². The highest BCUT2D eigenvalue weighted by Gasteiger charge is 2.29. The van der Waals surface area contributed by atoms with E-state index < -0.39 is 0 Å². The topological polar surface area (TPSA) is 85.4 Å². The van der Waals surface area contributed by atoms with Crippen molar-refractivity contribution < 1.29 is 9.90 Å². The molecule has 0 saturated carbocycles. The zero-order chi connectivity index (χ0) is 16.4. The SMILES string of the molecule is O=C1NCCN(Cc2cc(=O)c3cccc(Cl)c3[nH]2)[C@H]1CCO. The predicted molar refractivity (Wildman–Crippen MR) is 88.5 cm³/mol. The van der Waals surface area contributed by atoms with E-state index in [1.807, 2.05) is 4.90 Å². The van der Waals surface area contributed by atoms with E-state index in [2.05, 4.69) is 10.3 Å². The molecule has 1 aromatic carbocycles. The summed E-state index contributed by atoms with van der Waals surface area (Å²) in [5, 5.41) is 13.0. The standard InChI is InChI=1S/C16H18ClN3O3/c17-12-3-1-2-11-14(22)8-10(19-15(11)12)9-20-6-5-18-16(23)13(20)4-7-21/h1-3,8,13,21H,4-7,9H2,(H,18,23)(H,19,22)/t13-/m0/s1. The summed E-state index contributed by atoms with van der Waals surface area (Å²) in [6, 6.07) is 6.35. The quantitative estimate of drug-likeness (QED) is 0.773. The number of carbonyl (C=O) groups is 1. The molecule has 0 spiro atoms. The molecule has 7 heteroatoms. The lowest BCUT2D eigenvalue weighted by molar-refractivity contribution is -0.130. The van der Waals surface area contributed by atoms with Gasteiger partial charge in [-0.25, -0.2) is 0 Å². The number of aromatic amines is 1. The number of fused-ring (bicyclic) bond motifs is 1. The molecule has 122 valence electrons. The molecule has 3 rings (SSSR count). The molecule has 0 unspecified atom stereocenters. The van der Waals surface area contributed by atoms with Crippen molar-refractivity contribution in [1.82, 2.24) is 15.2 Å². The van der Waals surface area contributed by atoms with Crippen molar-refractivity contribution in [2.24, 2.45) is 0 Å². The average molecular weight is 336 g/mol. The second-order valence-corrected chi connectivity index (χ2v) is 6.02. The number of carbonyl (C=O) groups excluding carboxylic acids is 1. The zero-order valence-corrected chi connectivity index (χ0v) is 13.3. The van der Waals surface area contributed by atoms with Crippen LogP contribution in [-0.2, 0) is 11.3 Å². The molecule has 0 aliphatic carbocycles. The minimum Gasteiger partial charge on any atom is -0.396 e. The first-order valence-corrected chi connectivity index (χ1v) is 7.91. The van der Waals surface area contributed by atoms with Crippen LogP contribution in [0.5, 0.6) is 0 Å². The summed E-state index contributed by atoms with van der Waals surface area (Å²) in [5.74, 6) is -0.0912. The number of hydrogen-bond donors (Lipinski definition) is 3. The van der Waals surface area contributed by atoms with E-state index in [1.165, 1.54) is 0 Å². The minimum absolute atomic E-state index is 0.0609. The number of aromatic nitrogens is 1. The zero-order valence-electron chi connectivity index (χ0n) is 12.5. The van der Waals surface area contributed by atoms with Crippen molar-refractivity contribution in [3.63, 3.8) is 0 Å². The van der Waals surface area contributed by atoms with E-state index in [9.17, 15) is 9.59 Å². The lowest BCUT2D eigenvalue weighted by atomic mass is 10.1. The van der Waals surface area contributed by atoms with Gasteiger partial charge in [-0.1, -0.05) is 17.7 Å². The Morgan fingerprint density at radius 1 is 1.35 bits per heavy atom. The molecule has 2 heterocycles. The number of amides is 1. The molecule has 1 fully saturated rings. The molecule has 0 radical (unpaired) electrons. The van der Waals surface area contributed by atoms with Gasteiger partial charge in [-0.15, -0.1) is 0 Å². The highest BCUT2D eigenvalue weighted by molar-refractivity contribution is 6.35. The normalized spacial score (nSPS) is 19.0. The average Bonchev–Trinajstić information content (AvgIpc) is 2.52. The van der Waals surface area contributed by atoms with Gasteiger partial charge in [0, 0.05) is 43.4 Å². The van der Waals surface area contributed by atoms with Crippen LogP contribution in [-0.4, -0.2) is 46.6 Å². The Hall–Kier alpha value is -1.89. The Morgan fingerprint density at radius 3 is 2.96 bits per heavy atom. The molecule has 1 aliphatic heterocycles. The van der Waals surface area contributed by atoms with Crippen LogP contribution >= 0.6 is 11.6 Å². The Bertz CT molecular complexity index is 790. The number of rotatable bonds is 4. The molecular formula is C16H18ClN3O3. The number of H-pyrrole nitrogens is 1. The predicted octanol–water partition coefficient (Wildman–Crippen LogP) is 0.864. The van der Waals surface area contributed by atoms with Gasteiger partial charge in [-0.2, -0.15) is 0 Å². The number of nitrogens with one attached hydrogen (secondary N) is 2. The summed E-state index contributed by atoms with van der Waals surface area (Å²) in [4.78, 5) is 29.4. The second kappa shape index (κ2) is 6.70. The van der Waals surface area contributed by atoms with Crippen LogP contribution in [0.15, 0.2) is 29.1 Å². The molecule has 1 saturated heterocycles. The maximum atomic E-state index is 12.2. The van der Waals surface area contributed by atoms with Gasteiger partial charge < -0.3 is 15.4 Å². The molecule has 1 aromatic heterocycles. The van der Waals surface area contributed by atoms with Crippen molar-refractivity contribution in [2.45, 2.75) is 19.0 Å². The van der Waals surface area contributed by atoms with Gasteiger partial charge in [-0.3, -0.25) is 14.5 Å². The summed E-state index contributed by atoms with van der Waals surface area (Å²) in [6.45, 7) is 1.58. The van der Waals surface area contributed by atoms with Crippen LogP contribution in [0.4, 0.5) is 0 Å². The molecule has 1 atom stereocenters. The van der Waals surface area contributed by atoms with Crippen LogP contribution in [0.25, 0.3) is 10.9 Å². The molecule has 1 amide bonds. The summed E-state index contributed by atoms with van der Waals surface area (Å²) in [6.07, 6.45) is 0.365. The van der Waals surface area contributed by atoms with Crippen LogP contribution in [0, 0.1) is 0 Å². The van der Waals surface area contributed by atoms with Gasteiger partial charge in [0.1, 0.15) is 0 Å². The third-order valence-electron chi connectivity index (χ3n) is 4.09. The molecule has 6 nitrogen and oxygen atoms in total. The number of piperazine rings is 1. The number of halogens is 1. The van der Waals surface area contributed by atoms with Gasteiger partial charge >= 0.3 is 0 Å². The van der Waals surface area contributed by atoms with Gasteiger partial charge in [0.25, 0.3) is 0 Å². The first-order valence-electron chi connectivity index (χ1n) is 7.53. The Morgan fingerprint density at radius 2 is 2.17 bits per heavy atom. The van der Waals surface area contributed by atoms with Crippen molar-refractivity contribution in [3.8, 4) is 0 Å². The maximum Gasteiger partial charge on any atom is 0.237 e. The van der Waals surface area contributed by atoms with Gasteiger partial charge in [-0.05, 0) is 18.6 Å². The van der Waals surface area contributed by atoms with Crippen LogP contribution in [0.3, 0.4) is 0 Å². The third kappa shape index (κ3) is 3.24. The fourth-order valence-corrected chi connectivity index (χ4v) is 3.20. The van der Waals surface area contributed by atoms with Crippen molar-refractivity contribution in [2.75, 3.05) is 19.7 Å². The summed E-state index contributed by atoms with van der Waals surface area (Å²) in [7, 11) is 0. The third-order valence-corrected chi connectivity index (χ3v) is 4.40. The largest absolute Gasteiger partial charge is 0.396 e. The smallest absolute Gasteiger partial charge is 0.237 e. The highest BCUT2D eigenvalue weighted by Crippen LogP contribution is 2.20. The minimum atomic E-state index is -0.390. The second-order valence-electron chi connectivity index (χ2n) is 5.61. The Balaban J connectivity index is 1.93. The van der Waals surface area contributed by atoms with Gasteiger partial charge in [0.2, 0.25) is 5.91 Å². The Kier molecular flexibility index (Phi) is 4.66. The van der Waals surface area contributed by atoms with Crippen LogP contribution in [0.2, 0.25) is 5.02 Å². The van der Waals surface area contributed by atoms with E-state index in [-0.39, 0.29) is 24.0 Å². The summed E-state index contributed by atoms with van der Waals surface area (Å²) in [5.41, 5.74) is 1.21. The molecular weight excluding hydrogens is 318 g/mol. The van der Waals surface area contributed by atoms with Crippen LogP contribution in [0.1, 0.15) is 12.1 Å². The Labute approximate surface area is 138 Å². The fourth-order valence-electron chi connectivity index (χ4n) is 2.98. The number of pyridine rings is 1. The van der Waals surface area contributed by atoms with Crippen LogP contribution < -0.4 is 10.7 Å². The molecule has 1 aliphatic rings. The summed E-state index contributed by atoms with van der Waals surface area (Å²) >= 11 is 6.16. The van der Waals surface area contributed by atoms with Gasteiger partial charge in [0.05, 0.1) is 16.6 Å². The van der Waals surface area contributed by atoms with E-state index in [1.54, 1.807) is 24.3 Å². The maximum absolute atomic E-state index is 12.2. The highest BCUT2D eigenvalue weighted by atomic mass is 35.5. The van der Waals surface area contributed by atoms with E-state index in [0.29, 0.717) is 47.7 Å². The number of para-hydroxylation sites is 1. The summed E-state index contributed by atoms with van der Waals surface area (Å²) < 4.78 is 0.